The first-order valence-electron chi connectivity index (χ1n) is 5.92. The molecule has 0 aliphatic rings. The zero-order chi connectivity index (χ0) is 16.1. The van der Waals surface area contributed by atoms with E-state index >= 15 is 0 Å². The third-order valence-corrected chi connectivity index (χ3v) is 2.83. The predicted molar refractivity (Wildman–Crippen MR) is 76.6 cm³/mol. The first kappa shape index (κ1) is 15.9. The van der Waals surface area contributed by atoms with Crippen LogP contribution in [0.5, 0.6) is 17.2 Å². The van der Waals surface area contributed by atoms with E-state index in [-0.39, 0.29) is 17.2 Å². The summed E-state index contributed by atoms with van der Waals surface area (Å²) < 4.78 is 41.0. The molecule has 0 bridgehead atoms. The number of halogens is 2. The molecule has 2 aromatic rings. The van der Waals surface area contributed by atoms with Crippen molar-refractivity contribution >= 4 is 18.4 Å². The van der Waals surface area contributed by atoms with Gasteiger partial charge in [-0.05, 0) is 24.4 Å². The minimum atomic E-state index is -2.99. The molecular weight excluding hydrogens is 318 g/mol. The Bertz CT molecular complexity index is 704. The zero-order valence-corrected chi connectivity index (χ0v) is 12.4. The summed E-state index contributed by atoms with van der Waals surface area (Å²) in [5.74, 6) is 0.00542. The predicted octanol–water partition coefficient (Wildman–Crippen LogP) is 2.44. The van der Waals surface area contributed by atoms with E-state index in [1.54, 1.807) is 0 Å². The molecule has 0 aliphatic heterocycles. The van der Waals surface area contributed by atoms with Crippen molar-refractivity contribution < 1.29 is 23.0 Å². The van der Waals surface area contributed by atoms with E-state index in [1.807, 2.05) is 0 Å². The standard InChI is InChI=1S/C12H12F2N4O3S/c1-19-8-3-7(5-16-18-6-15-17-12(18)22)4-9(20-2)10(8)21-11(13)14/h3-6,11H,1-2H3,(H,17,22)/b16-5-. The van der Waals surface area contributed by atoms with E-state index < -0.39 is 6.61 Å². The number of nitrogens with one attached hydrogen (secondary N) is 1. The lowest BCUT2D eigenvalue weighted by molar-refractivity contribution is -0.0526. The van der Waals surface area contributed by atoms with Crippen LogP contribution in [0.1, 0.15) is 5.56 Å². The number of alkyl halides is 2. The largest absolute Gasteiger partial charge is 0.493 e. The Kier molecular flexibility index (Phi) is 5.04. The number of hydrogen-bond donors (Lipinski definition) is 1. The van der Waals surface area contributed by atoms with Crippen molar-refractivity contribution in [1.82, 2.24) is 14.9 Å². The van der Waals surface area contributed by atoms with Crippen LogP contribution in [0, 0.1) is 4.77 Å². The van der Waals surface area contributed by atoms with Gasteiger partial charge in [-0.25, -0.2) is 0 Å². The Hall–Kier alpha value is -2.49. The highest BCUT2D eigenvalue weighted by Gasteiger charge is 2.17. The molecule has 2 rings (SSSR count). The number of aromatic nitrogens is 3. The monoisotopic (exact) mass is 330 g/mol. The highest BCUT2D eigenvalue weighted by atomic mass is 32.1. The molecule has 22 heavy (non-hydrogen) atoms. The van der Waals surface area contributed by atoms with E-state index in [0.717, 1.165) is 0 Å². The number of hydrogen-bond acceptors (Lipinski definition) is 6. The van der Waals surface area contributed by atoms with Crippen molar-refractivity contribution in [3.8, 4) is 17.2 Å². The summed E-state index contributed by atoms with van der Waals surface area (Å²) in [6, 6.07) is 2.96. The Labute approximate surface area is 129 Å². The van der Waals surface area contributed by atoms with Gasteiger partial charge in [-0.2, -0.15) is 23.7 Å². The molecule has 10 heteroatoms. The maximum atomic E-state index is 12.4. The minimum absolute atomic E-state index is 0.0943. The molecule has 0 saturated heterocycles. The van der Waals surface area contributed by atoms with Crippen LogP contribution in [0.25, 0.3) is 0 Å². The van der Waals surface area contributed by atoms with Crippen molar-refractivity contribution in [1.29, 1.82) is 0 Å². The fourth-order valence-electron chi connectivity index (χ4n) is 1.63. The number of aromatic amines is 1. The van der Waals surface area contributed by atoms with Gasteiger partial charge in [-0.15, -0.1) is 0 Å². The molecule has 118 valence electrons. The highest BCUT2D eigenvalue weighted by Crippen LogP contribution is 2.39. The Balaban J connectivity index is 2.39. The van der Waals surface area contributed by atoms with Crippen molar-refractivity contribution in [2.45, 2.75) is 6.61 Å². The molecule has 1 aromatic heterocycles. The van der Waals surface area contributed by atoms with Crippen LogP contribution in [0.15, 0.2) is 23.6 Å². The normalized spacial score (nSPS) is 11.1. The van der Waals surface area contributed by atoms with Crippen LogP contribution < -0.4 is 14.2 Å². The molecular formula is C12H12F2N4O3S. The van der Waals surface area contributed by atoms with E-state index in [9.17, 15) is 8.78 Å². The van der Waals surface area contributed by atoms with Crippen LogP contribution in [0.4, 0.5) is 8.78 Å². The van der Waals surface area contributed by atoms with Gasteiger partial charge < -0.3 is 14.2 Å². The Morgan fingerprint density at radius 2 is 1.95 bits per heavy atom. The minimum Gasteiger partial charge on any atom is -0.493 e. The van der Waals surface area contributed by atoms with Gasteiger partial charge in [0.25, 0.3) is 0 Å². The van der Waals surface area contributed by atoms with Gasteiger partial charge in [0.15, 0.2) is 11.5 Å². The Morgan fingerprint density at radius 3 is 2.41 bits per heavy atom. The van der Waals surface area contributed by atoms with E-state index in [2.05, 4.69) is 20.0 Å². The van der Waals surface area contributed by atoms with Crippen LogP contribution in [-0.2, 0) is 0 Å². The lowest BCUT2D eigenvalue weighted by Crippen LogP contribution is -2.06. The third kappa shape index (κ3) is 3.58. The van der Waals surface area contributed by atoms with E-state index in [1.165, 1.54) is 43.6 Å². The first-order chi connectivity index (χ1) is 10.5. The van der Waals surface area contributed by atoms with Crippen molar-refractivity contribution in [3.63, 3.8) is 0 Å². The van der Waals surface area contributed by atoms with Gasteiger partial charge in [-0.1, -0.05) is 0 Å². The number of H-pyrrole nitrogens is 1. The smallest absolute Gasteiger partial charge is 0.387 e. The van der Waals surface area contributed by atoms with E-state index in [0.29, 0.717) is 10.3 Å². The fourth-order valence-corrected chi connectivity index (χ4v) is 1.78. The molecule has 0 radical (unpaired) electrons. The topological polar surface area (TPSA) is 73.7 Å². The van der Waals surface area contributed by atoms with Crippen LogP contribution in [-0.4, -0.2) is 41.9 Å². The number of ether oxygens (including phenoxy) is 3. The lowest BCUT2D eigenvalue weighted by atomic mass is 10.2. The summed E-state index contributed by atoms with van der Waals surface area (Å²) in [4.78, 5) is 0. The van der Waals surface area contributed by atoms with Gasteiger partial charge in [-0.3, -0.25) is 5.10 Å². The summed E-state index contributed by atoms with van der Waals surface area (Å²) in [5, 5.41) is 10.3. The molecule has 0 atom stereocenters. The summed E-state index contributed by atoms with van der Waals surface area (Å²) in [5.41, 5.74) is 0.540. The molecule has 1 aromatic carbocycles. The van der Waals surface area contributed by atoms with Crippen molar-refractivity contribution in [2.75, 3.05) is 14.2 Å². The maximum absolute atomic E-state index is 12.4. The molecule has 0 fully saturated rings. The van der Waals surface area contributed by atoms with Crippen LogP contribution >= 0.6 is 12.2 Å². The fraction of sp³-hybridized carbons (Fsp3) is 0.250. The van der Waals surface area contributed by atoms with Crippen LogP contribution in [0.3, 0.4) is 0 Å². The number of benzene rings is 1. The average molecular weight is 330 g/mol. The zero-order valence-electron chi connectivity index (χ0n) is 11.6. The quantitative estimate of drug-likeness (QED) is 0.650. The molecule has 0 unspecified atom stereocenters. The number of methoxy groups -OCH3 is 2. The second-order valence-corrected chi connectivity index (χ2v) is 4.27. The van der Waals surface area contributed by atoms with Crippen molar-refractivity contribution in [3.05, 3.63) is 28.8 Å². The summed E-state index contributed by atoms with van der Waals surface area (Å²) in [7, 11) is 2.67. The van der Waals surface area contributed by atoms with Crippen molar-refractivity contribution in [2.24, 2.45) is 5.10 Å². The Morgan fingerprint density at radius 1 is 1.32 bits per heavy atom. The SMILES string of the molecule is COc1cc(/C=N\n2cn[nH]c2=S)cc(OC)c1OC(F)F. The molecule has 0 aliphatic carbocycles. The molecule has 0 saturated carbocycles. The van der Waals surface area contributed by atoms with Gasteiger partial charge in [0, 0.05) is 5.56 Å². The highest BCUT2D eigenvalue weighted by molar-refractivity contribution is 7.71. The van der Waals surface area contributed by atoms with Gasteiger partial charge in [0.1, 0.15) is 6.33 Å². The van der Waals surface area contributed by atoms with Gasteiger partial charge in [0.05, 0.1) is 20.4 Å². The molecule has 1 N–H and O–H groups in total. The van der Waals surface area contributed by atoms with Crippen LogP contribution in [0.2, 0.25) is 0 Å². The average Bonchev–Trinajstić information content (AvgIpc) is 2.90. The summed E-state index contributed by atoms with van der Waals surface area (Å²) in [6.45, 7) is -2.99. The second kappa shape index (κ2) is 6.98. The molecule has 7 nitrogen and oxygen atoms in total. The summed E-state index contributed by atoms with van der Waals surface area (Å²) >= 11 is 4.94. The molecule has 1 heterocycles. The van der Waals surface area contributed by atoms with Gasteiger partial charge in [0.2, 0.25) is 10.5 Å². The first-order valence-corrected chi connectivity index (χ1v) is 6.33. The number of rotatable bonds is 6. The summed E-state index contributed by atoms with van der Waals surface area (Å²) in [6.07, 6.45) is 2.84. The second-order valence-electron chi connectivity index (χ2n) is 3.88. The maximum Gasteiger partial charge on any atom is 0.387 e. The van der Waals surface area contributed by atoms with E-state index in [4.69, 9.17) is 21.7 Å². The third-order valence-electron chi connectivity index (χ3n) is 2.56. The number of nitrogens with zero attached hydrogens (tertiary/aromatic N) is 3. The lowest BCUT2D eigenvalue weighted by Gasteiger charge is -2.14. The molecule has 0 spiro atoms. The van der Waals surface area contributed by atoms with Gasteiger partial charge >= 0.3 is 6.61 Å². The molecule has 0 amide bonds.